The molecule has 0 heterocycles. The van der Waals surface area contributed by atoms with Crippen LogP contribution in [0.25, 0.3) is 0 Å². The van der Waals surface area contributed by atoms with E-state index >= 15 is 0 Å². The first-order valence-corrected chi connectivity index (χ1v) is 5.52. The first-order chi connectivity index (χ1) is 8.66. The van der Waals surface area contributed by atoms with E-state index in [1.807, 2.05) is 0 Å². The fourth-order valence-corrected chi connectivity index (χ4v) is 1.68. The van der Waals surface area contributed by atoms with Gasteiger partial charge in [-0.1, -0.05) is 30.3 Å². The van der Waals surface area contributed by atoms with Crippen molar-refractivity contribution in [3.8, 4) is 0 Å². The van der Waals surface area contributed by atoms with Gasteiger partial charge in [-0.05, 0) is 29.8 Å². The topological polar surface area (TPSA) is 12.0 Å². The predicted molar refractivity (Wildman–Crippen MR) is 65.2 cm³/mol. The lowest BCUT2D eigenvalue weighted by Gasteiger charge is -2.19. The molecule has 0 saturated carbocycles. The third-order valence-electron chi connectivity index (χ3n) is 2.58. The Labute approximate surface area is 103 Å². The first kappa shape index (κ1) is 12.5. The lowest BCUT2D eigenvalue weighted by Crippen LogP contribution is -2.18. The average Bonchev–Trinajstić information content (AvgIpc) is 2.38. The smallest absolute Gasteiger partial charge is 0.262 e. The largest absolute Gasteiger partial charge is 0.373 e. The number of anilines is 1. The summed E-state index contributed by atoms with van der Waals surface area (Å²) in [6.45, 7) is 0. The highest BCUT2D eigenvalue weighted by atomic mass is 19.3. The van der Waals surface area contributed by atoms with Gasteiger partial charge in [-0.15, -0.1) is 0 Å². The summed E-state index contributed by atoms with van der Waals surface area (Å²) in [6, 6.07) is 12.7. The Bertz CT molecular complexity index is 482. The molecule has 0 fully saturated rings. The number of nitrogens with one attached hydrogen (secondary N) is 1. The van der Waals surface area contributed by atoms with Gasteiger partial charge < -0.3 is 5.32 Å². The molecule has 0 aliphatic heterocycles. The summed E-state index contributed by atoms with van der Waals surface area (Å²) in [5.41, 5.74) is 0.961. The van der Waals surface area contributed by atoms with Crippen molar-refractivity contribution in [1.29, 1.82) is 0 Å². The van der Waals surface area contributed by atoms with Crippen molar-refractivity contribution in [3.05, 3.63) is 66.0 Å². The number of benzene rings is 2. The van der Waals surface area contributed by atoms with E-state index in [0.717, 1.165) is 0 Å². The Morgan fingerprint density at radius 1 is 0.833 bits per heavy atom. The van der Waals surface area contributed by atoms with E-state index in [0.29, 0.717) is 11.3 Å². The van der Waals surface area contributed by atoms with Gasteiger partial charge in [-0.3, -0.25) is 0 Å². The van der Waals surface area contributed by atoms with Gasteiger partial charge in [-0.2, -0.15) is 0 Å². The molecule has 1 unspecified atom stereocenters. The summed E-state index contributed by atoms with van der Waals surface area (Å²) < 4.78 is 38.8. The van der Waals surface area contributed by atoms with Crippen molar-refractivity contribution in [3.63, 3.8) is 0 Å². The van der Waals surface area contributed by atoms with E-state index < -0.39 is 18.3 Å². The van der Waals surface area contributed by atoms with Crippen molar-refractivity contribution in [2.24, 2.45) is 0 Å². The van der Waals surface area contributed by atoms with E-state index in [1.54, 1.807) is 30.3 Å². The van der Waals surface area contributed by atoms with Crippen molar-refractivity contribution in [2.45, 2.75) is 12.5 Å². The molecule has 94 valence electrons. The number of hydrogen-bond acceptors (Lipinski definition) is 1. The van der Waals surface area contributed by atoms with Crippen LogP contribution < -0.4 is 5.32 Å². The van der Waals surface area contributed by atoms with Crippen LogP contribution in [-0.2, 0) is 0 Å². The Balaban J connectivity index is 2.21. The number of hydrogen-bond donors (Lipinski definition) is 1. The molecular weight excluding hydrogens is 239 g/mol. The minimum absolute atomic E-state index is 0.357. The van der Waals surface area contributed by atoms with E-state index in [4.69, 9.17) is 0 Å². The summed E-state index contributed by atoms with van der Waals surface area (Å²) in [5.74, 6) is -0.438. The molecule has 0 aliphatic rings. The maximum Gasteiger partial charge on any atom is 0.262 e. The molecule has 1 nitrogen and oxygen atoms in total. The summed E-state index contributed by atoms with van der Waals surface area (Å²) in [4.78, 5) is 0. The van der Waals surface area contributed by atoms with Gasteiger partial charge in [0.15, 0.2) is 0 Å². The lowest BCUT2D eigenvalue weighted by molar-refractivity contribution is 0.124. The van der Waals surface area contributed by atoms with Gasteiger partial charge in [0.05, 0.1) is 0 Å². The van der Waals surface area contributed by atoms with Gasteiger partial charge >= 0.3 is 0 Å². The minimum Gasteiger partial charge on any atom is -0.373 e. The van der Waals surface area contributed by atoms with Crippen LogP contribution in [0.1, 0.15) is 11.6 Å². The van der Waals surface area contributed by atoms with Crippen LogP contribution in [0, 0.1) is 5.82 Å². The van der Waals surface area contributed by atoms with Crippen LogP contribution in [0.5, 0.6) is 0 Å². The zero-order valence-corrected chi connectivity index (χ0v) is 9.48. The molecule has 2 aromatic carbocycles. The zero-order valence-electron chi connectivity index (χ0n) is 9.48. The zero-order chi connectivity index (χ0) is 13.0. The molecule has 0 radical (unpaired) electrons. The van der Waals surface area contributed by atoms with Crippen molar-refractivity contribution in [2.75, 3.05) is 5.32 Å². The van der Waals surface area contributed by atoms with Gasteiger partial charge in [0.1, 0.15) is 11.9 Å². The molecule has 0 bridgehead atoms. The molecular formula is C14H12F3N. The molecule has 1 atom stereocenters. The molecule has 0 saturated heterocycles. The summed E-state index contributed by atoms with van der Waals surface area (Å²) in [7, 11) is 0. The third-order valence-corrected chi connectivity index (χ3v) is 2.58. The van der Waals surface area contributed by atoms with Crippen LogP contribution in [0.4, 0.5) is 18.9 Å². The molecule has 0 spiro atoms. The Hall–Kier alpha value is -1.97. The van der Waals surface area contributed by atoms with E-state index in [-0.39, 0.29) is 0 Å². The highest BCUT2D eigenvalue weighted by Crippen LogP contribution is 2.25. The highest BCUT2D eigenvalue weighted by Gasteiger charge is 2.22. The minimum atomic E-state index is -2.57. The van der Waals surface area contributed by atoms with E-state index in [1.165, 1.54) is 24.3 Å². The Kier molecular flexibility index (Phi) is 3.87. The fourth-order valence-electron chi connectivity index (χ4n) is 1.68. The second kappa shape index (κ2) is 5.58. The summed E-state index contributed by atoms with van der Waals surface area (Å²) in [6.07, 6.45) is -2.57. The number of halogens is 3. The van der Waals surface area contributed by atoms with Gasteiger partial charge in [0.2, 0.25) is 0 Å². The van der Waals surface area contributed by atoms with Gasteiger partial charge in [0, 0.05) is 5.69 Å². The van der Waals surface area contributed by atoms with Crippen molar-refractivity contribution < 1.29 is 13.2 Å². The average molecular weight is 251 g/mol. The summed E-state index contributed by atoms with van der Waals surface area (Å²) >= 11 is 0. The molecule has 2 aromatic rings. The molecule has 1 N–H and O–H groups in total. The van der Waals surface area contributed by atoms with Crippen LogP contribution >= 0.6 is 0 Å². The van der Waals surface area contributed by atoms with Crippen molar-refractivity contribution in [1.82, 2.24) is 0 Å². The van der Waals surface area contributed by atoms with E-state index in [9.17, 15) is 13.2 Å². The van der Waals surface area contributed by atoms with Crippen LogP contribution in [0.2, 0.25) is 0 Å². The van der Waals surface area contributed by atoms with Crippen LogP contribution in [0.15, 0.2) is 54.6 Å². The lowest BCUT2D eigenvalue weighted by atomic mass is 10.1. The van der Waals surface area contributed by atoms with Gasteiger partial charge in [-0.25, -0.2) is 13.2 Å². The normalized spacial score (nSPS) is 12.4. The monoisotopic (exact) mass is 251 g/mol. The van der Waals surface area contributed by atoms with E-state index in [2.05, 4.69) is 5.32 Å². The molecule has 0 amide bonds. The fraction of sp³-hybridized carbons (Fsp3) is 0.143. The first-order valence-electron chi connectivity index (χ1n) is 5.52. The van der Waals surface area contributed by atoms with Crippen LogP contribution in [-0.4, -0.2) is 6.43 Å². The predicted octanol–water partition coefficient (Wildman–Crippen LogP) is 4.24. The second-order valence-corrected chi connectivity index (χ2v) is 3.87. The quantitative estimate of drug-likeness (QED) is 0.856. The molecule has 0 aliphatic carbocycles. The highest BCUT2D eigenvalue weighted by molar-refractivity contribution is 5.45. The number of rotatable bonds is 4. The molecule has 4 heteroatoms. The van der Waals surface area contributed by atoms with Crippen LogP contribution in [0.3, 0.4) is 0 Å². The third kappa shape index (κ3) is 3.03. The molecule has 2 rings (SSSR count). The van der Waals surface area contributed by atoms with Gasteiger partial charge in [0.25, 0.3) is 6.43 Å². The molecule has 18 heavy (non-hydrogen) atoms. The molecule has 0 aromatic heterocycles. The maximum absolute atomic E-state index is 13.0. The van der Waals surface area contributed by atoms with Crippen molar-refractivity contribution >= 4 is 5.69 Å². The number of para-hydroxylation sites is 1. The Morgan fingerprint density at radius 2 is 1.44 bits per heavy atom. The SMILES string of the molecule is Fc1ccc(C(Nc2ccccc2)C(F)F)cc1. The summed E-state index contributed by atoms with van der Waals surface area (Å²) in [5, 5.41) is 2.74. The second-order valence-electron chi connectivity index (χ2n) is 3.87. The Morgan fingerprint density at radius 3 is 2.00 bits per heavy atom. The standard InChI is InChI=1S/C14H12F3N/c15-11-8-6-10(7-9-11)13(14(16)17)18-12-4-2-1-3-5-12/h1-9,13-14,18H. The number of alkyl halides is 2. The maximum atomic E-state index is 13.0.